The molecule has 4 heterocycles. The number of hydrogen-bond acceptors (Lipinski definition) is 4. The van der Waals surface area contributed by atoms with E-state index < -0.39 is 5.60 Å². The lowest BCUT2D eigenvalue weighted by molar-refractivity contribution is -0.198. The Bertz CT molecular complexity index is 542. The van der Waals surface area contributed by atoms with E-state index in [-0.39, 0.29) is 35.3 Å². The van der Waals surface area contributed by atoms with E-state index in [0.717, 1.165) is 19.3 Å². The molecule has 19 heavy (non-hydrogen) atoms. The van der Waals surface area contributed by atoms with E-state index in [2.05, 4.69) is 20.4 Å². The molecular weight excluding hydrogens is 244 g/mol. The fourth-order valence-electron chi connectivity index (χ4n) is 5.60. The highest BCUT2D eigenvalue weighted by Crippen LogP contribution is 2.76. The van der Waals surface area contributed by atoms with Crippen molar-refractivity contribution in [2.45, 2.75) is 62.1 Å². The Hall–Kier alpha value is -0.870. The molecule has 2 bridgehead atoms. The Labute approximate surface area is 112 Å². The SMILES string of the molecule is C=C1C(=O)O[C@@H]2[C@H]1[C@@H]1C[C@H](C)[C@@]3(CC[C@@]4(C)O[C@]243)O1. The van der Waals surface area contributed by atoms with Crippen LogP contribution in [0.4, 0.5) is 0 Å². The highest BCUT2D eigenvalue weighted by molar-refractivity contribution is 5.91. The standard InChI is InChI=1S/C15H18O4/c1-7-6-9-10-8(2)12(16)17-11(10)15-13(3,19-15)4-5-14(7,15)18-9/h7,9-11H,2,4-6H2,1,3H3/t7-,9-,10+,11+,13+,14+,15+/m0/s1. The van der Waals surface area contributed by atoms with Crippen LogP contribution in [0.3, 0.4) is 0 Å². The smallest absolute Gasteiger partial charge is 0.334 e. The van der Waals surface area contributed by atoms with Crippen molar-refractivity contribution in [2.24, 2.45) is 11.8 Å². The number of hydrogen-bond donors (Lipinski definition) is 0. The van der Waals surface area contributed by atoms with Crippen molar-refractivity contribution in [2.75, 3.05) is 0 Å². The van der Waals surface area contributed by atoms with Gasteiger partial charge < -0.3 is 14.2 Å². The van der Waals surface area contributed by atoms with Crippen LogP contribution in [0.5, 0.6) is 0 Å². The number of carbonyl (C=O) groups excluding carboxylic acids is 1. The molecule has 4 aliphatic heterocycles. The lowest BCUT2D eigenvalue weighted by Gasteiger charge is -2.44. The molecule has 0 radical (unpaired) electrons. The molecule has 0 unspecified atom stereocenters. The van der Waals surface area contributed by atoms with Crippen LogP contribution in [0, 0.1) is 11.8 Å². The minimum atomic E-state index is -0.411. The summed E-state index contributed by atoms with van der Waals surface area (Å²) < 4.78 is 18.3. The van der Waals surface area contributed by atoms with E-state index in [9.17, 15) is 4.79 Å². The Balaban J connectivity index is 1.74. The van der Waals surface area contributed by atoms with Gasteiger partial charge in [0.1, 0.15) is 17.3 Å². The second-order valence-corrected chi connectivity index (χ2v) is 7.13. The first-order valence-corrected chi connectivity index (χ1v) is 7.23. The van der Waals surface area contributed by atoms with E-state index in [4.69, 9.17) is 14.2 Å². The van der Waals surface area contributed by atoms with Gasteiger partial charge in [-0.15, -0.1) is 0 Å². The van der Waals surface area contributed by atoms with Gasteiger partial charge in [-0.2, -0.15) is 0 Å². The molecule has 7 atom stereocenters. The van der Waals surface area contributed by atoms with Crippen LogP contribution < -0.4 is 0 Å². The van der Waals surface area contributed by atoms with Crippen molar-refractivity contribution >= 4 is 5.97 Å². The summed E-state index contributed by atoms with van der Waals surface area (Å²) in [5.74, 6) is 0.192. The second kappa shape index (κ2) is 2.63. The molecule has 2 spiro atoms. The minimum absolute atomic E-state index is 0.00880. The van der Waals surface area contributed by atoms with Gasteiger partial charge in [-0.3, -0.25) is 0 Å². The van der Waals surface area contributed by atoms with Gasteiger partial charge in [-0.1, -0.05) is 13.5 Å². The van der Waals surface area contributed by atoms with Crippen molar-refractivity contribution < 1.29 is 19.0 Å². The highest BCUT2D eigenvalue weighted by Gasteiger charge is 2.91. The molecule has 4 nitrogen and oxygen atoms in total. The topological polar surface area (TPSA) is 48.1 Å². The van der Waals surface area contributed by atoms with Gasteiger partial charge in [0, 0.05) is 5.57 Å². The van der Waals surface area contributed by atoms with Gasteiger partial charge in [-0.25, -0.2) is 4.79 Å². The van der Waals surface area contributed by atoms with Crippen molar-refractivity contribution in [1.82, 2.24) is 0 Å². The molecule has 5 fully saturated rings. The Morgan fingerprint density at radius 2 is 2.16 bits per heavy atom. The quantitative estimate of drug-likeness (QED) is 0.378. The zero-order valence-electron chi connectivity index (χ0n) is 11.3. The Morgan fingerprint density at radius 1 is 1.37 bits per heavy atom. The third kappa shape index (κ3) is 0.821. The zero-order valence-corrected chi connectivity index (χ0v) is 11.3. The molecule has 5 aliphatic rings. The molecule has 102 valence electrons. The number of esters is 1. The van der Waals surface area contributed by atoms with E-state index in [1.165, 1.54) is 0 Å². The maximum atomic E-state index is 11.9. The summed E-state index contributed by atoms with van der Waals surface area (Å²) in [5.41, 5.74) is -0.244. The average Bonchev–Trinajstić information content (AvgIpc) is 2.60. The van der Waals surface area contributed by atoms with Gasteiger partial charge in [-0.05, 0) is 32.1 Å². The van der Waals surface area contributed by atoms with Crippen molar-refractivity contribution in [3.8, 4) is 0 Å². The summed E-state index contributed by atoms with van der Waals surface area (Å²) in [6, 6.07) is 0. The van der Waals surface area contributed by atoms with E-state index in [1.807, 2.05) is 0 Å². The molecule has 0 N–H and O–H groups in total. The van der Waals surface area contributed by atoms with E-state index in [1.54, 1.807) is 0 Å². The normalized spacial score (nSPS) is 64.5. The van der Waals surface area contributed by atoms with Crippen LogP contribution in [0.25, 0.3) is 0 Å². The van der Waals surface area contributed by atoms with Crippen molar-refractivity contribution in [3.05, 3.63) is 12.2 Å². The maximum Gasteiger partial charge on any atom is 0.334 e. The summed E-state index contributed by atoms with van der Waals surface area (Å²) in [6.07, 6.45) is 2.91. The number of epoxide rings is 1. The van der Waals surface area contributed by atoms with Gasteiger partial charge in [0.2, 0.25) is 0 Å². The molecule has 0 amide bonds. The van der Waals surface area contributed by atoms with E-state index >= 15 is 0 Å². The molecule has 0 aromatic carbocycles. The number of ether oxygens (including phenoxy) is 3. The first-order valence-electron chi connectivity index (χ1n) is 7.23. The summed E-state index contributed by atoms with van der Waals surface area (Å²) in [4.78, 5) is 11.9. The molecule has 1 aliphatic carbocycles. The molecule has 1 saturated carbocycles. The number of carbonyl (C=O) groups is 1. The van der Waals surface area contributed by atoms with Crippen LogP contribution in [0.2, 0.25) is 0 Å². The highest BCUT2D eigenvalue weighted by atomic mass is 16.7. The largest absolute Gasteiger partial charge is 0.455 e. The van der Waals surface area contributed by atoms with Crippen molar-refractivity contribution in [3.63, 3.8) is 0 Å². The van der Waals surface area contributed by atoms with Crippen LogP contribution in [0.15, 0.2) is 12.2 Å². The first kappa shape index (κ1) is 10.9. The Morgan fingerprint density at radius 3 is 2.89 bits per heavy atom. The van der Waals surface area contributed by atoms with Crippen LogP contribution in [-0.2, 0) is 19.0 Å². The Kier molecular flexibility index (Phi) is 1.51. The van der Waals surface area contributed by atoms with Crippen molar-refractivity contribution in [1.29, 1.82) is 0 Å². The fraction of sp³-hybridized carbons (Fsp3) is 0.800. The molecule has 0 aromatic rings. The number of fused-ring (bicyclic) bond motifs is 3. The minimum Gasteiger partial charge on any atom is -0.455 e. The molecule has 4 heteroatoms. The summed E-state index contributed by atoms with van der Waals surface area (Å²) in [6.45, 7) is 8.33. The zero-order chi connectivity index (χ0) is 13.2. The monoisotopic (exact) mass is 262 g/mol. The summed E-state index contributed by atoms with van der Waals surface area (Å²) >= 11 is 0. The summed E-state index contributed by atoms with van der Waals surface area (Å²) in [7, 11) is 0. The van der Waals surface area contributed by atoms with Crippen LogP contribution in [-0.4, -0.2) is 35.0 Å². The second-order valence-electron chi connectivity index (χ2n) is 7.13. The number of rotatable bonds is 0. The molecule has 0 aromatic heterocycles. The van der Waals surface area contributed by atoms with Gasteiger partial charge in [0.15, 0.2) is 5.60 Å². The lowest BCUT2D eigenvalue weighted by Crippen LogP contribution is -2.60. The maximum absolute atomic E-state index is 11.9. The van der Waals surface area contributed by atoms with E-state index in [0.29, 0.717) is 11.5 Å². The average molecular weight is 262 g/mol. The van der Waals surface area contributed by atoms with Gasteiger partial charge >= 0.3 is 5.97 Å². The molecular formula is C15H18O4. The lowest BCUT2D eigenvalue weighted by atomic mass is 9.72. The third-order valence-electron chi connectivity index (χ3n) is 6.50. The fourth-order valence-corrected chi connectivity index (χ4v) is 5.60. The van der Waals surface area contributed by atoms with Gasteiger partial charge in [0.25, 0.3) is 0 Å². The first-order chi connectivity index (χ1) is 8.95. The molecule has 5 rings (SSSR count). The van der Waals surface area contributed by atoms with Crippen LogP contribution >= 0.6 is 0 Å². The van der Waals surface area contributed by atoms with Crippen LogP contribution in [0.1, 0.15) is 33.1 Å². The molecule has 4 saturated heterocycles. The predicted molar refractivity (Wildman–Crippen MR) is 65.4 cm³/mol. The third-order valence-corrected chi connectivity index (χ3v) is 6.50. The van der Waals surface area contributed by atoms with Gasteiger partial charge in [0.05, 0.1) is 12.0 Å². The summed E-state index contributed by atoms with van der Waals surface area (Å²) in [5, 5.41) is 0. The predicted octanol–water partition coefficient (Wildman–Crippen LogP) is 1.58.